The Morgan fingerprint density at radius 1 is 1.53 bits per heavy atom. The molecule has 2 N–H and O–H groups in total. The van der Waals surface area contributed by atoms with Gasteiger partial charge in [0.25, 0.3) is 0 Å². The largest absolute Gasteiger partial charge is 0.479 e. The Balaban J connectivity index is 3.00. The molecule has 0 aliphatic heterocycles. The van der Waals surface area contributed by atoms with Gasteiger partial charge < -0.3 is 10.2 Å². The Labute approximate surface area is 88.4 Å². The number of hydrogen-bond acceptors (Lipinski definition) is 2. The summed E-state index contributed by atoms with van der Waals surface area (Å²) in [4.78, 5) is 10.7. The van der Waals surface area contributed by atoms with E-state index < -0.39 is 11.6 Å². The van der Waals surface area contributed by atoms with Crippen molar-refractivity contribution in [3.8, 4) is 12.3 Å². The molecule has 1 rings (SSSR count). The zero-order chi connectivity index (χ0) is 11.5. The van der Waals surface area contributed by atoms with Crippen LogP contribution in [-0.2, 0) is 11.2 Å². The van der Waals surface area contributed by atoms with Crippen LogP contribution in [0.3, 0.4) is 0 Å². The van der Waals surface area contributed by atoms with Crippen molar-refractivity contribution in [3.63, 3.8) is 0 Å². The first kappa shape index (κ1) is 11.3. The van der Waals surface area contributed by atoms with Crippen molar-refractivity contribution in [2.24, 2.45) is 0 Å². The molecule has 0 aromatic heterocycles. The van der Waals surface area contributed by atoms with E-state index in [4.69, 9.17) is 11.5 Å². The van der Waals surface area contributed by atoms with Gasteiger partial charge in [0.1, 0.15) is 0 Å². The van der Waals surface area contributed by atoms with E-state index >= 15 is 0 Å². The number of aliphatic carboxylic acids is 1. The molecule has 3 heteroatoms. The maximum atomic E-state index is 10.7. The summed E-state index contributed by atoms with van der Waals surface area (Å²) in [6.07, 6.45) is 5.27. The average Bonchev–Trinajstić information content (AvgIpc) is 2.18. The molecule has 0 saturated heterocycles. The van der Waals surface area contributed by atoms with E-state index in [2.05, 4.69) is 5.92 Å². The molecule has 1 unspecified atom stereocenters. The molecule has 0 heterocycles. The van der Waals surface area contributed by atoms with Gasteiger partial charge in [-0.2, -0.15) is 0 Å². The first-order valence-corrected chi connectivity index (χ1v) is 4.47. The van der Waals surface area contributed by atoms with Crippen LogP contribution in [0.1, 0.15) is 18.1 Å². The SMILES string of the molecule is C#Cc1ccccc1CC(C)(O)C(=O)O. The van der Waals surface area contributed by atoms with Crippen LogP contribution in [0.15, 0.2) is 24.3 Å². The Morgan fingerprint density at radius 2 is 2.13 bits per heavy atom. The van der Waals surface area contributed by atoms with Crippen LogP contribution in [0.25, 0.3) is 0 Å². The number of rotatable bonds is 3. The highest BCUT2D eigenvalue weighted by Crippen LogP contribution is 2.16. The van der Waals surface area contributed by atoms with E-state index in [0.717, 1.165) is 0 Å². The smallest absolute Gasteiger partial charge is 0.335 e. The van der Waals surface area contributed by atoms with Gasteiger partial charge in [-0.3, -0.25) is 0 Å². The summed E-state index contributed by atoms with van der Waals surface area (Å²) in [6.45, 7) is 1.25. The Kier molecular flexibility index (Phi) is 3.13. The molecule has 0 spiro atoms. The third-order valence-electron chi connectivity index (χ3n) is 2.17. The highest BCUT2D eigenvalue weighted by atomic mass is 16.4. The molecule has 0 fully saturated rings. The molecule has 1 aromatic carbocycles. The summed E-state index contributed by atoms with van der Waals surface area (Å²) in [6, 6.07) is 6.96. The molecule has 0 aliphatic rings. The minimum atomic E-state index is -1.78. The van der Waals surface area contributed by atoms with E-state index in [1.54, 1.807) is 24.3 Å². The molecule has 0 radical (unpaired) electrons. The number of benzene rings is 1. The first-order valence-electron chi connectivity index (χ1n) is 4.47. The predicted octanol–water partition coefficient (Wildman–Crippen LogP) is 1.05. The highest BCUT2D eigenvalue weighted by Gasteiger charge is 2.30. The Morgan fingerprint density at radius 3 is 2.67 bits per heavy atom. The van der Waals surface area contributed by atoms with Crippen molar-refractivity contribution < 1.29 is 15.0 Å². The third kappa shape index (κ3) is 2.58. The van der Waals surface area contributed by atoms with E-state index in [1.165, 1.54) is 6.92 Å². The van der Waals surface area contributed by atoms with Gasteiger partial charge in [0, 0.05) is 12.0 Å². The summed E-state index contributed by atoms with van der Waals surface area (Å²) < 4.78 is 0. The van der Waals surface area contributed by atoms with Gasteiger partial charge in [-0.25, -0.2) is 4.79 Å². The van der Waals surface area contributed by atoms with Crippen LogP contribution >= 0.6 is 0 Å². The topological polar surface area (TPSA) is 57.5 Å². The second-order valence-corrected chi connectivity index (χ2v) is 3.56. The quantitative estimate of drug-likeness (QED) is 0.723. The molecule has 0 saturated carbocycles. The van der Waals surface area contributed by atoms with Gasteiger partial charge in [-0.1, -0.05) is 24.1 Å². The minimum absolute atomic E-state index is 0.00269. The first-order chi connectivity index (χ1) is 6.97. The lowest BCUT2D eigenvalue weighted by Crippen LogP contribution is -2.37. The third-order valence-corrected chi connectivity index (χ3v) is 2.17. The summed E-state index contributed by atoms with van der Waals surface area (Å²) in [5.74, 6) is 1.20. The summed E-state index contributed by atoms with van der Waals surface area (Å²) in [5.41, 5.74) is -0.515. The normalized spacial score (nSPS) is 13.9. The van der Waals surface area contributed by atoms with E-state index in [1.807, 2.05) is 0 Å². The average molecular weight is 204 g/mol. The molecular weight excluding hydrogens is 192 g/mol. The number of carbonyl (C=O) groups is 1. The second kappa shape index (κ2) is 4.16. The lowest BCUT2D eigenvalue weighted by atomic mass is 9.94. The zero-order valence-corrected chi connectivity index (χ0v) is 8.40. The van der Waals surface area contributed by atoms with Gasteiger partial charge in [-0.05, 0) is 18.6 Å². The lowest BCUT2D eigenvalue weighted by molar-refractivity contribution is -0.156. The van der Waals surface area contributed by atoms with Gasteiger partial charge in [0.2, 0.25) is 0 Å². The molecule has 3 nitrogen and oxygen atoms in total. The second-order valence-electron chi connectivity index (χ2n) is 3.56. The maximum absolute atomic E-state index is 10.7. The Hall–Kier alpha value is -1.79. The Bertz CT molecular complexity index is 413. The molecule has 0 amide bonds. The zero-order valence-electron chi connectivity index (χ0n) is 8.40. The molecular formula is C12H12O3. The van der Waals surface area contributed by atoms with E-state index in [9.17, 15) is 9.90 Å². The monoisotopic (exact) mass is 204 g/mol. The van der Waals surface area contributed by atoms with Crippen molar-refractivity contribution >= 4 is 5.97 Å². The van der Waals surface area contributed by atoms with Crippen molar-refractivity contribution in [3.05, 3.63) is 35.4 Å². The fraction of sp³-hybridized carbons (Fsp3) is 0.250. The molecule has 15 heavy (non-hydrogen) atoms. The van der Waals surface area contributed by atoms with Crippen LogP contribution in [0.4, 0.5) is 0 Å². The fourth-order valence-electron chi connectivity index (χ4n) is 1.26. The van der Waals surface area contributed by atoms with Crippen LogP contribution in [0, 0.1) is 12.3 Å². The van der Waals surface area contributed by atoms with Crippen molar-refractivity contribution in [1.29, 1.82) is 0 Å². The van der Waals surface area contributed by atoms with Crippen LogP contribution < -0.4 is 0 Å². The number of carboxylic acids is 1. The number of carboxylic acid groups (broad SMARTS) is 1. The fourth-order valence-corrected chi connectivity index (χ4v) is 1.26. The molecule has 1 atom stereocenters. The van der Waals surface area contributed by atoms with Crippen molar-refractivity contribution in [2.75, 3.05) is 0 Å². The van der Waals surface area contributed by atoms with E-state index in [0.29, 0.717) is 11.1 Å². The van der Waals surface area contributed by atoms with Crippen molar-refractivity contribution in [2.45, 2.75) is 18.9 Å². The summed E-state index contributed by atoms with van der Waals surface area (Å²) in [5, 5.41) is 18.4. The molecule has 0 bridgehead atoms. The van der Waals surface area contributed by atoms with Gasteiger partial charge >= 0.3 is 5.97 Å². The number of aliphatic hydroxyl groups is 1. The molecule has 1 aromatic rings. The minimum Gasteiger partial charge on any atom is -0.479 e. The van der Waals surface area contributed by atoms with Crippen LogP contribution in [0.2, 0.25) is 0 Å². The van der Waals surface area contributed by atoms with Gasteiger partial charge in [0.05, 0.1) is 0 Å². The van der Waals surface area contributed by atoms with E-state index in [-0.39, 0.29) is 6.42 Å². The highest BCUT2D eigenvalue weighted by molar-refractivity contribution is 5.77. The molecule has 78 valence electrons. The van der Waals surface area contributed by atoms with Crippen molar-refractivity contribution in [1.82, 2.24) is 0 Å². The predicted molar refractivity (Wildman–Crippen MR) is 56.3 cm³/mol. The van der Waals surface area contributed by atoms with Crippen LogP contribution in [0.5, 0.6) is 0 Å². The van der Waals surface area contributed by atoms with Gasteiger partial charge in [0.15, 0.2) is 5.60 Å². The van der Waals surface area contributed by atoms with Gasteiger partial charge in [-0.15, -0.1) is 6.42 Å². The lowest BCUT2D eigenvalue weighted by Gasteiger charge is -2.18. The molecule has 0 aliphatic carbocycles. The standard InChI is InChI=1S/C12H12O3/c1-3-9-6-4-5-7-10(9)8-12(2,15)11(13)14/h1,4-7,15H,8H2,2H3,(H,13,14). The number of hydrogen-bond donors (Lipinski definition) is 2. The summed E-state index contributed by atoms with van der Waals surface area (Å²) in [7, 11) is 0. The number of terminal acetylenes is 1. The summed E-state index contributed by atoms with van der Waals surface area (Å²) >= 11 is 0. The maximum Gasteiger partial charge on any atom is 0.335 e. The van der Waals surface area contributed by atoms with Crippen LogP contribution in [-0.4, -0.2) is 21.8 Å².